The summed E-state index contributed by atoms with van der Waals surface area (Å²) in [6, 6.07) is 7.56. The van der Waals surface area contributed by atoms with E-state index >= 15 is 0 Å². The van der Waals surface area contributed by atoms with Crippen molar-refractivity contribution in [1.29, 1.82) is 0 Å². The van der Waals surface area contributed by atoms with Crippen LogP contribution in [0.1, 0.15) is 33.0 Å². The number of ketones is 2. The van der Waals surface area contributed by atoms with E-state index < -0.39 is 87.1 Å². The van der Waals surface area contributed by atoms with Crippen LogP contribution < -0.4 is 5.32 Å². The lowest BCUT2D eigenvalue weighted by Crippen LogP contribution is -2.18. The highest BCUT2D eigenvalue weighted by Gasteiger charge is 2.67. The third kappa shape index (κ3) is 6.49. The van der Waals surface area contributed by atoms with E-state index in [1.807, 2.05) is 0 Å². The molecule has 41 heavy (non-hydrogen) atoms. The molecule has 0 spiro atoms. The summed E-state index contributed by atoms with van der Waals surface area (Å²) in [6.07, 6.45) is -5.47. The van der Waals surface area contributed by atoms with Gasteiger partial charge in [0.05, 0.1) is 26.5 Å². The van der Waals surface area contributed by atoms with Crippen LogP contribution in [0.25, 0.3) is 0 Å². The van der Waals surface area contributed by atoms with Crippen LogP contribution in [0.15, 0.2) is 42.5 Å². The van der Waals surface area contributed by atoms with Crippen molar-refractivity contribution in [3.05, 3.63) is 97.2 Å². The zero-order valence-electron chi connectivity index (χ0n) is 20.2. The van der Waals surface area contributed by atoms with Gasteiger partial charge in [-0.2, -0.15) is 0 Å². The fourth-order valence-electron chi connectivity index (χ4n) is 4.32. The molecule has 0 bridgehead atoms. The van der Waals surface area contributed by atoms with Crippen molar-refractivity contribution in [2.45, 2.75) is 29.5 Å². The first-order chi connectivity index (χ1) is 19.1. The molecule has 1 N–H and O–H groups in total. The summed E-state index contributed by atoms with van der Waals surface area (Å²) < 4.78 is 67.0. The highest BCUT2D eigenvalue weighted by atomic mass is 35.5. The summed E-state index contributed by atoms with van der Waals surface area (Å²) in [5.41, 5.74) is -1.51. The van der Waals surface area contributed by atoms with Crippen LogP contribution in [-0.2, 0) is 22.4 Å². The topological polar surface area (TPSA) is 63.2 Å². The highest BCUT2D eigenvalue weighted by Crippen LogP contribution is 2.65. The SMILES string of the molecule is O=C(Cc1ccc(F)c(CC(=O)C(F)F)c1F)c1cc(NC(=O)[C@H]2[C@H](c3cc(Cl)c(Cl)c(Cl)c3)C2(Cl)Cl)ccc1F. The number of halogens is 10. The van der Waals surface area contributed by atoms with Gasteiger partial charge in [0, 0.05) is 30.0 Å². The van der Waals surface area contributed by atoms with Crippen molar-refractivity contribution in [1.82, 2.24) is 0 Å². The Morgan fingerprint density at radius 3 is 2.10 bits per heavy atom. The number of hydrogen-bond donors (Lipinski definition) is 1. The molecule has 1 aliphatic carbocycles. The van der Waals surface area contributed by atoms with Crippen molar-refractivity contribution < 1.29 is 36.3 Å². The summed E-state index contributed by atoms with van der Waals surface area (Å²) in [5, 5.41) is 2.85. The number of rotatable bonds is 9. The smallest absolute Gasteiger partial charge is 0.296 e. The van der Waals surface area contributed by atoms with Gasteiger partial charge in [0.2, 0.25) is 11.7 Å². The average molecular weight is 674 g/mol. The molecule has 1 saturated carbocycles. The molecular weight excluding hydrogens is 659 g/mol. The van der Waals surface area contributed by atoms with E-state index in [0.29, 0.717) is 11.6 Å². The van der Waals surface area contributed by atoms with Crippen LogP contribution in [0.5, 0.6) is 0 Å². The Hall–Kier alpha value is -2.43. The maximum absolute atomic E-state index is 14.8. The Labute approximate surface area is 254 Å². The summed E-state index contributed by atoms with van der Waals surface area (Å²) in [6.45, 7) is 0. The molecule has 216 valence electrons. The summed E-state index contributed by atoms with van der Waals surface area (Å²) >= 11 is 30.8. The van der Waals surface area contributed by atoms with E-state index in [-0.39, 0.29) is 20.8 Å². The van der Waals surface area contributed by atoms with Gasteiger partial charge in [-0.3, -0.25) is 14.4 Å². The lowest BCUT2D eigenvalue weighted by molar-refractivity contribution is -0.128. The predicted octanol–water partition coefficient (Wildman–Crippen LogP) is 8.39. The lowest BCUT2D eigenvalue weighted by atomic mass is 9.97. The molecule has 1 amide bonds. The fourth-order valence-corrected chi connectivity index (χ4v) is 5.76. The van der Waals surface area contributed by atoms with Crippen molar-refractivity contribution >= 4 is 81.2 Å². The van der Waals surface area contributed by atoms with Crippen LogP contribution in [0, 0.1) is 23.4 Å². The van der Waals surface area contributed by atoms with Crippen molar-refractivity contribution in [2.24, 2.45) is 5.92 Å². The molecule has 3 aromatic rings. The first kappa shape index (κ1) is 31.5. The number of benzene rings is 3. The monoisotopic (exact) mass is 671 g/mol. The van der Waals surface area contributed by atoms with Gasteiger partial charge in [0.25, 0.3) is 6.43 Å². The number of alkyl halides is 4. The van der Waals surface area contributed by atoms with Crippen molar-refractivity contribution in [3.8, 4) is 0 Å². The second-order valence-electron chi connectivity index (χ2n) is 9.16. The number of Topliss-reactive ketones (excluding diaryl/α,β-unsaturated/α-hetero) is 2. The van der Waals surface area contributed by atoms with Gasteiger partial charge in [-0.1, -0.05) is 40.9 Å². The number of nitrogens with one attached hydrogen (secondary N) is 1. The van der Waals surface area contributed by atoms with Crippen LogP contribution in [0.2, 0.25) is 15.1 Å². The average Bonchev–Trinajstić information content (AvgIpc) is 3.49. The van der Waals surface area contributed by atoms with Crippen molar-refractivity contribution in [2.75, 3.05) is 5.32 Å². The molecule has 2 atom stereocenters. The molecule has 3 aromatic carbocycles. The maximum atomic E-state index is 14.8. The number of amides is 1. The Morgan fingerprint density at radius 1 is 0.878 bits per heavy atom. The Kier molecular flexibility index (Phi) is 9.26. The van der Waals surface area contributed by atoms with Gasteiger partial charge >= 0.3 is 0 Å². The zero-order valence-corrected chi connectivity index (χ0v) is 24.0. The standard InChI is InChI=1S/C27H15Cl5F5NO3/c28-15-5-11(6-16(29)23(15)30)21-22(27(21,31)32)26(41)38-12-2-4-17(33)13(8-12)19(39)7-10-1-3-18(34)14(24(10)35)9-20(40)25(36)37/h1-6,8,21-22,25H,7,9H2,(H,38,41)/t21-,22+/m0/s1. The van der Waals surface area contributed by atoms with Gasteiger partial charge in [0.1, 0.15) is 21.8 Å². The molecule has 0 unspecified atom stereocenters. The van der Waals surface area contributed by atoms with Crippen LogP contribution >= 0.6 is 58.0 Å². The summed E-state index contributed by atoms with van der Waals surface area (Å²) in [5.74, 6) is -8.72. The van der Waals surface area contributed by atoms with E-state index in [9.17, 15) is 36.3 Å². The molecule has 1 fully saturated rings. The van der Waals surface area contributed by atoms with Gasteiger partial charge in [-0.15, -0.1) is 23.2 Å². The minimum absolute atomic E-state index is 0.0236. The first-order valence-corrected chi connectivity index (χ1v) is 13.4. The second-order valence-corrected chi connectivity index (χ2v) is 11.8. The van der Waals surface area contributed by atoms with Crippen LogP contribution in [0.3, 0.4) is 0 Å². The zero-order chi connectivity index (χ0) is 30.4. The van der Waals surface area contributed by atoms with Crippen LogP contribution in [-0.4, -0.2) is 28.2 Å². The van der Waals surface area contributed by atoms with Crippen LogP contribution in [0.4, 0.5) is 27.6 Å². The molecular formula is C27H15Cl5F5NO3. The minimum Gasteiger partial charge on any atom is -0.326 e. The normalized spacial score (nSPS) is 17.4. The molecule has 14 heteroatoms. The van der Waals surface area contributed by atoms with E-state index in [1.54, 1.807) is 0 Å². The van der Waals surface area contributed by atoms with Crippen molar-refractivity contribution in [3.63, 3.8) is 0 Å². The molecule has 0 aromatic heterocycles. The van der Waals surface area contributed by atoms with Gasteiger partial charge in [-0.05, 0) is 47.5 Å². The first-order valence-electron chi connectivity index (χ1n) is 11.6. The Bertz CT molecular complexity index is 1560. The largest absolute Gasteiger partial charge is 0.326 e. The van der Waals surface area contributed by atoms with E-state index in [0.717, 1.165) is 24.3 Å². The van der Waals surface area contributed by atoms with E-state index in [1.165, 1.54) is 12.1 Å². The van der Waals surface area contributed by atoms with E-state index in [2.05, 4.69) is 5.32 Å². The quantitative estimate of drug-likeness (QED) is 0.107. The maximum Gasteiger partial charge on any atom is 0.296 e. The number of carbonyl (C=O) groups is 3. The molecule has 0 saturated heterocycles. The summed E-state index contributed by atoms with van der Waals surface area (Å²) in [4.78, 5) is 37.2. The molecule has 0 heterocycles. The Balaban J connectivity index is 1.52. The lowest BCUT2D eigenvalue weighted by Gasteiger charge is -2.11. The predicted molar refractivity (Wildman–Crippen MR) is 146 cm³/mol. The minimum atomic E-state index is -3.44. The molecule has 4 rings (SSSR count). The molecule has 1 aliphatic rings. The highest BCUT2D eigenvalue weighted by molar-refractivity contribution is 6.54. The molecule has 4 nitrogen and oxygen atoms in total. The fraction of sp³-hybridized carbons (Fsp3) is 0.222. The summed E-state index contributed by atoms with van der Waals surface area (Å²) in [7, 11) is 0. The van der Waals surface area contributed by atoms with E-state index in [4.69, 9.17) is 58.0 Å². The number of hydrogen-bond acceptors (Lipinski definition) is 3. The third-order valence-corrected chi connectivity index (χ3v) is 8.58. The van der Waals surface area contributed by atoms with Gasteiger partial charge in [-0.25, -0.2) is 22.0 Å². The Morgan fingerprint density at radius 2 is 1.49 bits per heavy atom. The molecule has 0 radical (unpaired) electrons. The third-order valence-electron chi connectivity index (χ3n) is 6.45. The van der Waals surface area contributed by atoms with Gasteiger partial charge in [0.15, 0.2) is 5.78 Å². The number of anilines is 1. The molecule has 0 aliphatic heterocycles. The number of carbonyl (C=O) groups excluding carboxylic acids is 3. The van der Waals surface area contributed by atoms with Gasteiger partial charge < -0.3 is 5.32 Å². The second kappa shape index (κ2) is 12.1.